The number of esters is 2. The molecule has 5 nitrogen and oxygen atoms in total. The molecule has 22 heavy (non-hydrogen) atoms. The summed E-state index contributed by atoms with van der Waals surface area (Å²) in [7, 11) is 1.18. The van der Waals surface area contributed by atoms with Crippen molar-refractivity contribution in [1.29, 1.82) is 0 Å². The number of halogens is 3. The Labute approximate surface area is 125 Å². The molecule has 0 aromatic heterocycles. The third-order valence-corrected chi connectivity index (χ3v) is 2.63. The molecule has 0 radical (unpaired) electrons. The Morgan fingerprint density at radius 1 is 1.23 bits per heavy atom. The van der Waals surface area contributed by atoms with Crippen LogP contribution >= 0.6 is 0 Å². The SMILES string of the molecule is CCOC(=O)c1ccc(CCC(=O)OC)c(OC(F)(F)F)c1. The van der Waals surface area contributed by atoms with Gasteiger partial charge in [0, 0.05) is 6.42 Å². The van der Waals surface area contributed by atoms with Gasteiger partial charge in [0.15, 0.2) is 0 Å². The standard InChI is InChI=1S/C14H15F3O5/c1-3-21-13(19)10-5-4-9(6-7-12(18)20-2)11(8-10)22-14(15,16)17/h4-5,8H,3,6-7H2,1-2H3. The lowest BCUT2D eigenvalue weighted by Gasteiger charge is -2.14. The first-order chi connectivity index (χ1) is 10.3. The minimum absolute atomic E-state index is 0.0127. The highest BCUT2D eigenvalue weighted by Crippen LogP contribution is 2.29. The molecule has 0 saturated heterocycles. The molecule has 8 heteroatoms. The van der Waals surface area contributed by atoms with Crippen LogP contribution in [0.4, 0.5) is 13.2 Å². The van der Waals surface area contributed by atoms with Crippen molar-refractivity contribution in [1.82, 2.24) is 0 Å². The second-order valence-electron chi connectivity index (χ2n) is 4.17. The number of alkyl halides is 3. The molecule has 0 aliphatic carbocycles. The number of carbonyl (C=O) groups is 2. The van der Waals surface area contributed by atoms with Crippen LogP contribution in [0.1, 0.15) is 29.3 Å². The van der Waals surface area contributed by atoms with Crippen molar-refractivity contribution in [2.75, 3.05) is 13.7 Å². The first-order valence-electron chi connectivity index (χ1n) is 6.39. The lowest BCUT2D eigenvalue weighted by Crippen LogP contribution is -2.19. The van der Waals surface area contributed by atoms with Crippen molar-refractivity contribution in [2.24, 2.45) is 0 Å². The first kappa shape index (κ1) is 17.8. The van der Waals surface area contributed by atoms with Gasteiger partial charge >= 0.3 is 18.3 Å². The highest BCUT2D eigenvalue weighted by Gasteiger charge is 2.32. The lowest BCUT2D eigenvalue weighted by molar-refractivity contribution is -0.274. The smallest absolute Gasteiger partial charge is 0.469 e. The summed E-state index contributed by atoms with van der Waals surface area (Å²) >= 11 is 0. The summed E-state index contributed by atoms with van der Waals surface area (Å²) in [6, 6.07) is 3.54. The molecule has 0 atom stereocenters. The second-order valence-corrected chi connectivity index (χ2v) is 4.17. The minimum atomic E-state index is -4.91. The van der Waals surface area contributed by atoms with E-state index in [1.165, 1.54) is 19.2 Å². The van der Waals surface area contributed by atoms with Crippen molar-refractivity contribution in [3.8, 4) is 5.75 Å². The van der Waals surface area contributed by atoms with E-state index >= 15 is 0 Å². The summed E-state index contributed by atoms with van der Waals surface area (Å²) in [5.41, 5.74) is 0.0682. The van der Waals surface area contributed by atoms with Gasteiger partial charge in [0.2, 0.25) is 0 Å². The molecule has 0 bridgehead atoms. The number of rotatable bonds is 6. The third kappa shape index (κ3) is 5.63. The maximum atomic E-state index is 12.4. The highest BCUT2D eigenvalue weighted by atomic mass is 19.4. The average molecular weight is 320 g/mol. The number of aryl methyl sites for hydroxylation is 1. The molecule has 122 valence electrons. The van der Waals surface area contributed by atoms with Crippen LogP contribution in [-0.4, -0.2) is 32.0 Å². The average Bonchev–Trinajstić information content (AvgIpc) is 2.44. The van der Waals surface area contributed by atoms with Crippen LogP contribution < -0.4 is 4.74 Å². The van der Waals surface area contributed by atoms with Gasteiger partial charge in [0.25, 0.3) is 0 Å². The van der Waals surface area contributed by atoms with Gasteiger partial charge in [0.1, 0.15) is 5.75 Å². The van der Waals surface area contributed by atoms with Crippen molar-refractivity contribution in [2.45, 2.75) is 26.1 Å². The van der Waals surface area contributed by atoms with Crippen LogP contribution in [-0.2, 0) is 20.7 Å². The Balaban J connectivity index is 3.04. The fourth-order valence-electron chi connectivity index (χ4n) is 1.66. The van der Waals surface area contributed by atoms with E-state index in [1.54, 1.807) is 6.92 Å². The number of hydrogen-bond donors (Lipinski definition) is 0. The molecule has 0 spiro atoms. The van der Waals surface area contributed by atoms with E-state index in [9.17, 15) is 22.8 Å². The van der Waals surface area contributed by atoms with Crippen LogP contribution in [0.15, 0.2) is 18.2 Å². The minimum Gasteiger partial charge on any atom is -0.469 e. The number of methoxy groups -OCH3 is 1. The summed E-state index contributed by atoms with van der Waals surface area (Å²) < 4.78 is 50.4. The zero-order valence-corrected chi connectivity index (χ0v) is 12.0. The van der Waals surface area contributed by atoms with E-state index in [2.05, 4.69) is 9.47 Å². The van der Waals surface area contributed by atoms with E-state index in [0.717, 1.165) is 6.07 Å². The molecule has 0 fully saturated rings. The highest BCUT2D eigenvalue weighted by molar-refractivity contribution is 5.90. The Morgan fingerprint density at radius 3 is 2.45 bits per heavy atom. The van der Waals surface area contributed by atoms with E-state index in [0.29, 0.717) is 0 Å². The van der Waals surface area contributed by atoms with Gasteiger partial charge in [-0.1, -0.05) is 6.07 Å². The lowest BCUT2D eigenvalue weighted by atomic mass is 10.1. The molecule has 0 amide bonds. The Bertz CT molecular complexity index is 540. The number of carbonyl (C=O) groups excluding carboxylic acids is 2. The van der Waals surface area contributed by atoms with Gasteiger partial charge in [-0.3, -0.25) is 4.79 Å². The summed E-state index contributed by atoms with van der Waals surface area (Å²) in [4.78, 5) is 22.6. The van der Waals surface area contributed by atoms with E-state index in [-0.39, 0.29) is 30.6 Å². The monoisotopic (exact) mass is 320 g/mol. The first-order valence-corrected chi connectivity index (χ1v) is 6.39. The molecule has 1 aromatic rings. The number of hydrogen-bond acceptors (Lipinski definition) is 5. The fourth-order valence-corrected chi connectivity index (χ4v) is 1.66. The summed E-state index contributed by atoms with van der Waals surface area (Å²) in [5, 5.41) is 0. The Hall–Kier alpha value is -2.25. The van der Waals surface area contributed by atoms with Crippen LogP contribution in [0.5, 0.6) is 5.75 Å². The topological polar surface area (TPSA) is 61.8 Å². The Morgan fingerprint density at radius 2 is 1.91 bits per heavy atom. The summed E-state index contributed by atoms with van der Waals surface area (Å²) in [6.45, 7) is 1.67. The van der Waals surface area contributed by atoms with Gasteiger partial charge < -0.3 is 14.2 Å². The fraction of sp³-hybridized carbons (Fsp3) is 0.429. The summed E-state index contributed by atoms with van der Waals surface area (Å²) in [6.07, 6.45) is -5.03. The molecule has 0 saturated carbocycles. The molecule has 1 aromatic carbocycles. The van der Waals surface area contributed by atoms with Crippen LogP contribution in [0.25, 0.3) is 0 Å². The molecule has 0 aliphatic heterocycles. The van der Waals surface area contributed by atoms with Crippen LogP contribution in [0.3, 0.4) is 0 Å². The van der Waals surface area contributed by atoms with Gasteiger partial charge in [-0.2, -0.15) is 0 Å². The molecule has 0 unspecified atom stereocenters. The summed E-state index contributed by atoms with van der Waals surface area (Å²) in [5.74, 6) is -1.86. The predicted molar refractivity (Wildman–Crippen MR) is 69.4 cm³/mol. The zero-order chi connectivity index (χ0) is 16.8. The van der Waals surface area contributed by atoms with Crippen molar-refractivity contribution >= 4 is 11.9 Å². The maximum absolute atomic E-state index is 12.4. The van der Waals surface area contributed by atoms with Crippen LogP contribution in [0, 0.1) is 0 Å². The van der Waals surface area contributed by atoms with E-state index in [1.807, 2.05) is 0 Å². The van der Waals surface area contributed by atoms with Crippen LogP contribution in [0.2, 0.25) is 0 Å². The van der Waals surface area contributed by atoms with Gasteiger partial charge in [-0.15, -0.1) is 13.2 Å². The van der Waals surface area contributed by atoms with Gasteiger partial charge in [-0.25, -0.2) is 4.79 Å². The molecular formula is C14H15F3O5. The Kier molecular flexibility index (Phi) is 6.21. The largest absolute Gasteiger partial charge is 0.573 e. The zero-order valence-electron chi connectivity index (χ0n) is 12.0. The number of benzene rings is 1. The third-order valence-electron chi connectivity index (χ3n) is 2.63. The normalized spacial score (nSPS) is 11.0. The van der Waals surface area contributed by atoms with E-state index < -0.39 is 24.1 Å². The number of ether oxygens (including phenoxy) is 3. The maximum Gasteiger partial charge on any atom is 0.573 e. The van der Waals surface area contributed by atoms with Gasteiger partial charge in [-0.05, 0) is 31.0 Å². The molecule has 0 heterocycles. The molecule has 1 rings (SSSR count). The van der Waals surface area contributed by atoms with E-state index in [4.69, 9.17) is 4.74 Å². The molecule has 0 aliphatic rings. The molecule has 0 N–H and O–H groups in total. The predicted octanol–water partition coefficient (Wildman–Crippen LogP) is 2.87. The van der Waals surface area contributed by atoms with Crippen molar-refractivity contribution in [3.63, 3.8) is 0 Å². The second kappa shape index (κ2) is 7.67. The van der Waals surface area contributed by atoms with Crippen molar-refractivity contribution in [3.05, 3.63) is 29.3 Å². The molecular weight excluding hydrogens is 305 g/mol. The van der Waals surface area contributed by atoms with Crippen molar-refractivity contribution < 1.29 is 37.0 Å². The van der Waals surface area contributed by atoms with Gasteiger partial charge in [0.05, 0.1) is 19.3 Å². The quantitative estimate of drug-likeness (QED) is 0.754.